The second kappa shape index (κ2) is 4.19. The van der Waals surface area contributed by atoms with Crippen molar-refractivity contribution < 1.29 is 14.6 Å². The van der Waals surface area contributed by atoms with Crippen LogP contribution < -0.4 is 5.14 Å². The van der Waals surface area contributed by atoms with Gasteiger partial charge in [0, 0.05) is 0 Å². The molecule has 0 bridgehead atoms. The van der Waals surface area contributed by atoms with Crippen molar-refractivity contribution in [2.75, 3.05) is 0 Å². The fourth-order valence-corrected chi connectivity index (χ4v) is 0.0527. The molecule has 0 aliphatic heterocycles. The van der Waals surface area contributed by atoms with Gasteiger partial charge in [0.15, 0.2) is 0 Å². The van der Waals surface area contributed by atoms with Crippen LogP contribution in [-0.2, 0) is 9.37 Å². The molecule has 4 nitrogen and oxygen atoms in total. The van der Waals surface area contributed by atoms with Gasteiger partial charge in [-0.15, -0.1) is 4.33 Å². The Balaban J connectivity index is 2.19. The Morgan fingerprint density at radius 3 is 2.40 bits per heavy atom. The van der Waals surface area contributed by atoms with E-state index in [4.69, 9.17) is 5.26 Å². The van der Waals surface area contributed by atoms with Crippen molar-refractivity contribution in [3.05, 3.63) is 0 Å². The van der Waals surface area contributed by atoms with E-state index in [1.165, 1.54) is 0 Å². The first kappa shape index (κ1) is 5.19. The lowest BCUT2D eigenvalue weighted by atomic mass is 13.9. The molecular weight excluding hydrogens is 94.1 g/mol. The van der Waals surface area contributed by atoms with Crippen molar-refractivity contribution in [3.63, 3.8) is 0 Å². The molecule has 0 aromatic carbocycles. The minimum absolute atomic E-state index is 0.429. The highest BCUT2D eigenvalue weighted by Gasteiger charge is 1.68. The van der Waals surface area contributed by atoms with E-state index in [0.717, 1.165) is 0 Å². The van der Waals surface area contributed by atoms with Gasteiger partial charge in [0.1, 0.15) is 12.2 Å². The maximum Gasteiger partial charge on any atom is 0.118 e. The van der Waals surface area contributed by atoms with Crippen molar-refractivity contribution >= 4 is 12.2 Å². The van der Waals surface area contributed by atoms with Crippen LogP contribution in [0, 0.1) is 0 Å². The number of rotatable bonds is 2. The molecule has 0 aromatic rings. The molecule has 0 saturated carbocycles. The Kier molecular flexibility index (Phi) is 4.35. The zero-order valence-electron chi connectivity index (χ0n) is 2.25. The van der Waals surface area contributed by atoms with E-state index in [1.54, 1.807) is 0 Å². The topological polar surface area (TPSA) is 64.7 Å². The van der Waals surface area contributed by atoms with E-state index in [0.29, 0.717) is 12.2 Å². The van der Waals surface area contributed by atoms with Gasteiger partial charge in [-0.2, -0.15) is 0 Å². The van der Waals surface area contributed by atoms with Crippen LogP contribution in [0.4, 0.5) is 0 Å². The third kappa shape index (κ3) is 4.19. The van der Waals surface area contributed by atoms with Gasteiger partial charge < -0.3 is 0 Å². The molecule has 0 radical (unpaired) electrons. The lowest BCUT2D eigenvalue weighted by Gasteiger charge is -1.80. The second-order valence-electron chi connectivity index (χ2n) is 0.239. The first-order valence-corrected chi connectivity index (χ1v) is 1.56. The molecular formula is H3NO3S. The minimum atomic E-state index is 0.429. The van der Waals surface area contributed by atoms with E-state index in [1.807, 2.05) is 0 Å². The van der Waals surface area contributed by atoms with Gasteiger partial charge in [0.05, 0.1) is 0 Å². The molecule has 5 heavy (non-hydrogen) atoms. The number of hydrogen-bond acceptors (Lipinski definition) is 5. The SMILES string of the molecule is NSOOO. The van der Waals surface area contributed by atoms with Gasteiger partial charge in [0.25, 0.3) is 0 Å². The maximum absolute atomic E-state index is 7.24. The highest BCUT2D eigenvalue weighted by Crippen LogP contribution is 1.83. The Bertz CT molecular complexity index is 14.4. The molecule has 0 aromatic heterocycles. The van der Waals surface area contributed by atoms with Gasteiger partial charge in [-0.3, -0.25) is 5.14 Å². The highest BCUT2D eigenvalue weighted by atomic mass is 32.2. The molecule has 0 heterocycles. The van der Waals surface area contributed by atoms with Crippen molar-refractivity contribution in [3.8, 4) is 0 Å². The van der Waals surface area contributed by atoms with Crippen LogP contribution in [0.1, 0.15) is 0 Å². The largest absolute Gasteiger partial charge is 0.251 e. The smallest absolute Gasteiger partial charge is 0.118 e. The van der Waals surface area contributed by atoms with Gasteiger partial charge in [0.2, 0.25) is 0 Å². The van der Waals surface area contributed by atoms with Gasteiger partial charge in [-0.1, -0.05) is 5.04 Å². The monoisotopic (exact) mass is 97.0 g/mol. The Morgan fingerprint density at radius 2 is 2.40 bits per heavy atom. The van der Waals surface area contributed by atoms with Crippen molar-refractivity contribution in [1.29, 1.82) is 0 Å². The van der Waals surface area contributed by atoms with Crippen molar-refractivity contribution in [2.45, 2.75) is 0 Å². The summed E-state index contributed by atoms with van der Waals surface area (Å²) in [6, 6.07) is 0. The average Bonchev–Trinajstić information content (AvgIpc) is 1.41. The van der Waals surface area contributed by atoms with Crippen LogP contribution in [0.2, 0.25) is 0 Å². The van der Waals surface area contributed by atoms with Crippen LogP contribution in [0.25, 0.3) is 0 Å². The van der Waals surface area contributed by atoms with E-state index < -0.39 is 0 Å². The quantitative estimate of drug-likeness (QED) is 0.218. The molecule has 0 amide bonds. The molecule has 5 heteroatoms. The normalized spacial score (nSPS) is 8.40. The molecule has 3 N–H and O–H groups in total. The van der Waals surface area contributed by atoms with Crippen molar-refractivity contribution in [2.24, 2.45) is 5.14 Å². The van der Waals surface area contributed by atoms with Crippen LogP contribution in [-0.4, -0.2) is 5.26 Å². The molecule has 32 valence electrons. The summed E-state index contributed by atoms with van der Waals surface area (Å²) in [4.78, 5) is 0. The molecule has 0 spiro atoms. The Morgan fingerprint density at radius 1 is 1.80 bits per heavy atom. The van der Waals surface area contributed by atoms with E-state index in [9.17, 15) is 0 Å². The summed E-state index contributed by atoms with van der Waals surface area (Å²) in [6.07, 6.45) is 0. The summed E-state index contributed by atoms with van der Waals surface area (Å²) in [7, 11) is 0. The summed E-state index contributed by atoms with van der Waals surface area (Å²) in [5.41, 5.74) is 0. The van der Waals surface area contributed by atoms with Crippen molar-refractivity contribution in [1.82, 2.24) is 0 Å². The number of nitrogens with two attached hydrogens (primary N) is 1. The lowest BCUT2D eigenvalue weighted by Crippen LogP contribution is -1.81. The fourth-order valence-electron chi connectivity index (χ4n) is 0.0176. The maximum atomic E-state index is 7.24. The van der Waals surface area contributed by atoms with E-state index in [2.05, 4.69) is 14.5 Å². The lowest BCUT2D eigenvalue weighted by molar-refractivity contribution is -0.432. The first-order chi connectivity index (χ1) is 2.41. The summed E-state index contributed by atoms with van der Waals surface area (Å²) in [5, 5.41) is 14.8. The zero-order chi connectivity index (χ0) is 4.12. The molecule has 0 rings (SSSR count). The van der Waals surface area contributed by atoms with Crippen LogP contribution >= 0.6 is 12.2 Å². The molecule has 0 aliphatic rings. The molecule has 0 atom stereocenters. The third-order valence-electron chi connectivity index (χ3n) is 0.0697. The average molecular weight is 97.1 g/mol. The van der Waals surface area contributed by atoms with Gasteiger partial charge >= 0.3 is 0 Å². The number of hydrogen-bond donors (Lipinski definition) is 2. The minimum Gasteiger partial charge on any atom is -0.251 e. The molecule has 0 unspecified atom stereocenters. The Labute approximate surface area is 33.1 Å². The highest BCUT2D eigenvalue weighted by molar-refractivity contribution is 7.92. The molecule has 0 fully saturated rings. The summed E-state index contributed by atoms with van der Waals surface area (Å²) in [5.74, 6) is 0. The Hall–Kier alpha value is 0.190. The standard InChI is InChI=1S/H3NO3S/c1-5-4-3-2/h2H,1H2. The summed E-state index contributed by atoms with van der Waals surface area (Å²) < 4.78 is 3.58. The third-order valence-corrected chi connectivity index (χ3v) is 0.209. The molecule has 0 aliphatic carbocycles. The fraction of sp³-hybridized carbons (Fsp3) is 0. The van der Waals surface area contributed by atoms with Gasteiger partial charge in [-0.05, 0) is 0 Å². The van der Waals surface area contributed by atoms with E-state index >= 15 is 0 Å². The summed E-state index contributed by atoms with van der Waals surface area (Å²) in [6.45, 7) is 0. The summed E-state index contributed by atoms with van der Waals surface area (Å²) >= 11 is 0.429. The van der Waals surface area contributed by atoms with Crippen LogP contribution in [0.15, 0.2) is 0 Å². The van der Waals surface area contributed by atoms with Gasteiger partial charge in [-0.25, -0.2) is 5.26 Å². The van der Waals surface area contributed by atoms with Crippen LogP contribution in [0.3, 0.4) is 0 Å². The zero-order valence-corrected chi connectivity index (χ0v) is 3.07. The van der Waals surface area contributed by atoms with Crippen LogP contribution in [0.5, 0.6) is 0 Å². The first-order valence-electron chi connectivity index (χ1n) is 0.752. The predicted molar refractivity (Wildman–Crippen MR) is 16.6 cm³/mol. The molecule has 0 saturated heterocycles. The predicted octanol–water partition coefficient (Wildman–Crippen LogP) is -0.0705. The second-order valence-corrected chi connectivity index (χ2v) is 0.567. The van der Waals surface area contributed by atoms with E-state index in [-0.39, 0.29) is 0 Å².